The van der Waals surface area contributed by atoms with Crippen LogP contribution in [0, 0.1) is 0 Å². The molecule has 0 saturated heterocycles. The zero-order chi connectivity index (χ0) is 13.4. The third-order valence-corrected chi connectivity index (χ3v) is 1.78. The third-order valence-electron chi connectivity index (χ3n) is 1.78. The van der Waals surface area contributed by atoms with E-state index in [0.29, 0.717) is 12.3 Å². The molecule has 1 rings (SSSR count). The molecule has 0 radical (unpaired) electrons. The summed E-state index contributed by atoms with van der Waals surface area (Å²) in [6.07, 6.45) is 5.26. The molecule has 1 amide bonds. The van der Waals surface area contributed by atoms with E-state index in [1.807, 2.05) is 6.92 Å². The van der Waals surface area contributed by atoms with Gasteiger partial charge in [-0.25, -0.2) is 14.3 Å². The Labute approximate surface area is 103 Å². The van der Waals surface area contributed by atoms with Gasteiger partial charge in [0.05, 0.1) is 12.3 Å². The largest absolute Gasteiger partial charge is 0.449 e. The fourth-order valence-electron chi connectivity index (χ4n) is 1.02. The maximum atomic E-state index is 11.4. The van der Waals surface area contributed by atoms with E-state index >= 15 is 0 Å². The van der Waals surface area contributed by atoms with Crippen molar-refractivity contribution in [1.29, 1.82) is 0 Å². The fraction of sp³-hybridized carbons (Fsp3) is 0.300. The van der Waals surface area contributed by atoms with Gasteiger partial charge in [-0.1, -0.05) is 6.92 Å². The summed E-state index contributed by atoms with van der Waals surface area (Å²) in [5.41, 5.74) is 8.40. The molecule has 0 fully saturated rings. The van der Waals surface area contributed by atoms with Gasteiger partial charge < -0.3 is 4.74 Å². The second-order valence-electron chi connectivity index (χ2n) is 3.18. The number of imidazole rings is 1. The average Bonchev–Trinajstić information content (AvgIpc) is 2.82. The number of amides is 1. The smallest absolute Gasteiger partial charge is 0.419 e. The third kappa shape index (κ3) is 4.11. The lowest BCUT2D eigenvalue weighted by atomic mass is 10.4. The van der Waals surface area contributed by atoms with Gasteiger partial charge in [-0.05, 0) is 29.2 Å². The standard InChI is InChI=1S/C10H11N5O3/c1-2-5-18-10(17)15-6-8(12-7-15)3-4-9(16)13-14-11/h3-4,6-7H,2,5H2,1H3/b4-3+. The molecule has 1 heterocycles. The number of nitrogens with zero attached hydrogens (tertiary/aromatic N) is 5. The number of ether oxygens (including phenoxy) is 1. The molecule has 1 aromatic heterocycles. The summed E-state index contributed by atoms with van der Waals surface area (Å²) in [6.45, 7) is 2.22. The van der Waals surface area contributed by atoms with Crippen LogP contribution in [0.4, 0.5) is 4.79 Å². The van der Waals surface area contributed by atoms with Crippen LogP contribution in [0.1, 0.15) is 19.0 Å². The van der Waals surface area contributed by atoms with Crippen molar-refractivity contribution >= 4 is 18.1 Å². The Morgan fingerprint density at radius 1 is 1.67 bits per heavy atom. The quantitative estimate of drug-likeness (QED) is 0.352. The van der Waals surface area contributed by atoms with Crippen LogP contribution in [-0.4, -0.2) is 28.2 Å². The van der Waals surface area contributed by atoms with Gasteiger partial charge in [0.1, 0.15) is 6.33 Å². The zero-order valence-corrected chi connectivity index (χ0v) is 9.68. The second-order valence-corrected chi connectivity index (χ2v) is 3.18. The predicted octanol–water partition coefficient (Wildman–Crippen LogP) is 2.13. The SMILES string of the molecule is CCCOC(=O)n1cnc(/C=C/C(=O)N=[N+]=[N-])c1. The van der Waals surface area contributed by atoms with Crippen molar-refractivity contribution < 1.29 is 14.3 Å². The molecule has 18 heavy (non-hydrogen) atoms. The number of aromatic nitrogens is 2. The van der Waals surface area contributed by atoms with Crippen molar-refractivity contribution in [1.82, 2.24) is 9.55 Å². The van der Waals surface area contributed by atoms with E-state index in [1.54, 1.807) is 0 Å². The van der Waals surface area contributed by atoms with Gasteiger partial charge in [-0.3, -0.25) is 4.79 Å². The van der Waals surface area contributed by atoms with Gasteiger partial charge in [-0.2, -0.15) is 0 Å². The molecule has 0 aliphatic heterocycles. The van der Waals surface area contributed by atoms with Crippen LogP contribution in [0.5, 0.6) is 0 Å². The maximum absolute atomic E-state index is 11.4. The molecule has 0 saturated carbocycles. The van der Waals surface area contributed by atoms with E-state index in [4.69, 9.17) is 10.3 Å². The molecule has 8 nitrogen and oxygen atoms in total. The zero-order valence-electron chi connectivity index (χ0n) is 9.68. The van der Waals surface area contributed by atoms with Gasteiger partial charge in [0.15, 0.2) is 0 Å². The van der Waals surface area contributed by atoms with Gasteiger partial charge in [-0.15, -0.1) is 0 Å². The molecule has 8 heteroatoms. The van der Waals surface area contributed by atoms with Crippen molar-refractivity contribution in [2.75, 3.05) is 6.61 Å². The predicted molar refractivity (Wildman–Crippen MR) is 62.5 cm³/mol. The molecule has 0 bridgehead atoms. The van der Waals surface area contributed by atoms with Gasteiger partial charge >= 0.3 is 6.09 Å². The van der Waals surface area contributed by atoms with Crippen molar-refractivity contribution in [2.45, 2.75) is 13.3 Å². The van der Waals surface area contributed by atoms with E-state index < -0.39 is 12.0 Å². The summed E-state index contributed by atoms with van der Waals surface area (Å²) < 4.78 is 6.04. The Hall–Kier alpha value is -2.60. The lowest BCUT2D eigenvalue weighted by Crippen LogP contribution is -2.11. The number of rotatable bonds is 4. The van der Waals surface area contributed by atoms with Crippen molar-refractivity contribution in [3.05, 3.63) is 34.7 Å². The number of azide groups is 1. The van der Waals surface area contributed by atoms with E-state index in [1.165, 1.54) is 18.6 Å². The van der Waals surface area contributed by atoms with Crippen LogP contribution in [0.15, 0.2) is 23.7 Å². The molecular weight excluding hydrogens is 238 g/mol. The van der Waals surface area contributed by atoms with Crippen molar-refractivity contribution in [3.8, 4) is 0 Å². The molecule has 94 valence electrons. The first kappa shape index (κ1) is 13.5. The highest BCUT2D eigenvalue weighted by Crippen LogP contribution is 2.01. The minimum atomic E-state index is -0.736. The summed E-state index contributed by atoms with van der Waals surface area (Å²) >= 11 is 0. The van der Waals surface area contributed by atoms with Crippen LogP contribution in [0.2, 0.25) is 0 Å². The topological polar surface area (TPSA) is 110 Å². The molecule has 0 aliphatic rings. The molecule has 0 N–H and O–H groups in total. The summed E-state index contributed by atoms with van der Waals surface area (Å²) in [7, 11) is 0. The minimum absolute atomic E-state index is 0.331. The normalized spacial score (nSPS) is 10.1. The van der Waals surface area contributed by atoms with Gasteiger partial charge in [0, 0.05) is 11.1 Å². The molecule has 0 aromatic carbocycles. The number of carbonyl (C=O) groups excluding carboxylic acids is 2. The number of hydrogen-bond acceptors (Lipinski definition) is 4. The van der Waals surface area contributed by atoms with E-state index in [-0.39, 0.29) is 0 Å². The molecular formula is C10H11N5O3. The summed E-state index contributed by atoms with van der Waals surface area (Å²) in [5, 5.41) is 2.85. The summed E-state index contributed by atoms with van der Waals surface area (Å²) in [5.74, 6) is -0.736. The first-order valence-electron chi connectivity index (χ1n) is 5.15. The van der Waals surface area contributed by atoms with Gasteiger partial charge in [0.25, 0.3) is 0 Å². The molecule has 0 unspecified atom stereocenters. The first-order valence-corrected chi connectivity index (χ1v) is 5.15. The Balaban J connectivity index is 2.66. The highest BCUT2D eigenvalue weighted by Gasteiger charge is 2.05. The van der Waals surface area contributed by atoms with Crippen LogP contribution in [-0.2, 0) is 9.53 Å². The first-order chi connectivity index (χ1) is 8.67. The molecule has 0 atom stereocenters. The molecule has 1 aromatic rings. The Morgan fingerprint density at radius 2 is 2.44 bits per heavy atom. The van der Waals surface area contributed by atoms with E-state index in [9.17, 15) is 9.59 Å². The maximum Gasteiger partial charge on any atom is 0.419 e. The van der Waals surface area contributed by atoms with Crippen LogP contribution in [0.3, 0.4) is 0 Å². The Kier molecular flexibility index (Phi) is 5.14. The minimum Gasteiger partial charge on any atom is -0.449 e. The van der Waals surface area contributed by atoms with Crippen LogP contribution >= 0.6 is 0 Å². The lowest BCUT2D eigenvalue weighted by Gasteiger charge is -2.01. The Morgan fingerprint density at radius 3 is 3.11 bits per heavy atom. The van der Waals surface area contributed by atoms with Crippen LogP contribution in [0.25, 0.3) is 16.5 Å². The monoisotopic (exact) mass is 249 g/mol. The van der Waals surface area contributed by atoms with E-state index in [2.05, 4.69) is 15.0 Å². The summed E-state index contributed by atoms with van der Waals surface area (Å²) in [4.78, 5) is 28.5. The lowest BCUT2D eigenvalue weighted by molar-refractivity contribution is -0.113. The number of hydrogen-bond donors (Lipinski definition) is 0. The molecule has 0 spiro atoms. The fourth-order valence-corrected chi connectivity index (χ4v) is 1.02. The van der Waals surface area contributed by atoms with Crippen LogP contribution < -0.4 is 0 Å². The second kappa shape index (κ2) is 6.87. The number of carbonyl (C=O) groups is 2. The summed E-state index contributed by atoms with van der Waals surface area (Å²) in [6, 6.07) is 0. The van der Waals surface area contributed by atoms with Gasteiger partial charge in [0.2, 0.25) is 5.91 Å². The van der Waals surface area contributed by atoms with E-state index in [0.717, 1.165) is 17.1 Å². The van der Waals surface area contributed by atoms with Crippen molar-refractivity contribution in [2.24, 2.45) is 5.11 Å². The Bertz CT molecular complexity index is 513. The highest BCUT2D eigenvalue weighted by molar-refractivity contribution is 5.92. The van der Waals surface area contributed by atoms with Crippen molar-refractivity contribution in [3.63, 3.8) is 0 Å². The highest BCUT2D eigenvalue weighted by atomic mass is 16.5. The molecule has 0 aliphatic carbocycles. The average molecular weight is 249 g/mol.